The van der Waals surface area contributed by atoms with E-state index < -0.39 is 0 Å². The van der Waals surface area contributed by atoms with Gasteiger partial charge < -0.3 is 4.42 Å². The molecule has 2 aromatic heterocycles. The zero-order valence-electron chi connectivity index (χ0n) is 13.8. The predicted octanol–water partition coefficient (Wildman–Crippen LogP) is 6.67. The van der Waals surface area contributed by atoms with E-state index in [0.29, 0.717) is 16.2 Å². The summed E-state index contributed by atoms with van der Waals surface area (Å²) < 4.78 is 7.17. The van der Waals surface area contributed by atoms with Crippen molar-refractivity contribution in [3.05, 3.63) is 72.8 Å². The molecule has 0 bridgehead atoms. The largest absolute Gasteiger partial charge is 0.421 e. The van der Waals surface area contributed by atoms with Gasteiger partial charge in [-0.05, 0) is 46.1 Å². The van der Waals surface area contributed by atoms with Crippen LogP contribution in [0.2, 0.25) is 0 Å². The summed E-state index contributed by atoms with van der Waals surface area (Å²) in [5.41, 5.74) is 3.82. The smallest absolute Gasteiger partial charge is 0.346 e. The van der Waals surface area contributed by atoms with E-state index in [1.165, 1.54) is 16.9 Å². The number of halogens is 2. The summed E-state index contributed by atoms with van der Waals surface area (Å²) in [6.07, 6.45) is 1.01. The lowest BCUT2D eigenvalue weighted by Gasteiger charge is -2.03. The predicted molar refractivity (Wildman–Crippen MR) is 114 cm³/mol. The molecule has 26 heavy (non-hydrogen) atoms. The van der Waals surface area contributed by atoms with E-state index in [-0.39, 0.29) is 5.63 Å². The number of fused-ring (bicyclic) bond motifs is 1. The fraction of sp³-hybridized carbons (Fsp3) is 0.100. The number of hydrogen-bond donors (Lipinski definition) is 0. The van der Waals surface area contributed by atoms with E-state index in [1.54, 1.807) is 0 Å². The van der Waals surface area contributed by atoms with Crippen LogP contribution in [-0.4, -0.2) is 4.98 Å². The third-order valence-corrected chi connectivity index (χ3v) is 6.07. The van der Waals surface area contributed by atoms with E-state index in [1.807, 2.05) is 23.6 Å². The maximum absolute atomic E-state index is 12.5. The number of benzene rings is 2. The third-order valence-electron chi connectivity index (χ3n) is 4.14. The van der Waals surface area contributed by atoms with Crippen molar-refractivity contribution >= 4 is 54.2 Å². The Labute approximate surface area is 171 Å². The molecule has 0 radical (unpaired) electrons. The van der Waals surface area contributed by atoms with Crippen LogP contribution in [0.25, 0.3) is 32.8 Å². The second-order valence-corrected chi connectivity index (χ2v) is 8.47. The Morgan fingerprint density at radius 3 is 2.62 bits per heavy atom. The Bertz CT molecular complexity index is 1160. The number of aromatic nitrogens is 1. The first kappa shape index (κ1) is 17.6. The molecule has 0 saturated heterocycles. The zero-order chi connectivity index (χ0) is 18.3. The summed E-state index contributed by atoms with van der Waals surface area (Å²) in [5.74, 6) is 0. The van der Waals surface area contributed by atoms with Crippen LogP contribution < -0.4 is 5.63 Å². The molecule has 2 aromatic carbocycles. The summed E-state index contributed by atoms with van der Waals surface area (Å²) in [6, 6.07) is 13.9. The first-order valence-electron chi connectivity index (χ1n) is 8.03. The van der Waals surface area contributed by atoms with Gasteiger partial charge in [-0.1, -0.05) is 47.1 Å². The van der Waals surface area contributed by atoms with Crippen molar-refractivity contribution in [1.82, 2.24) is 4.98 Å². The average molecular weight is 491 g/mol. The Morgan fingerprint density at radius 2 is 1.88 bits per heavy atom. The van der Waals surface area contributed by atoms with E-state index in [2.05, 4.69) is 68.0 Å². The van der Waals surface area contributed by atoms with Crippen LogP contribution in [0, 0.1) is 0 Å². The maximum Gasteiger partial charge on any atom is 0.346 e. The summed E-state index contributed by atoms with van der Waals surface area (Å²) in [6.45, 7) is 2.13. The molecular weight excluding hydrogens is 478 g/mol. The summed E-state index contributed by atoms with van der Waals surface area (Å²) in [7, 11) is 0. The lowest BCUT2D eigenvalue weighted by atomic mass is 10.1. The van der Waals surface area contributed by atoms with Crippen molar-refractivity contribution in [2.24, 2.45) is 0 Å². The minimum Gasteiger partial charge on any atom is -0.421 e. The van der Waals surface area contributed by atoms with Crippen LogP contribution in [0.15, 0.2) is 66.0 Å². The topological polar surface area (TPSA) is 43.1 Å². The average Bonchev–Trinajstić information content (AvgIpc) is 3.12. The van der Waals surface area contributed by atoms with Gasteiger partial charge in [-0.3, -0.25) is 0 Å². The van der Waals surface area contributed by atoms with Gasteiger partial charge in [0.2, 0.25) is 0 Å². The highest BCUT2D eigenvalue weighted by molar-refractivity contribution is 9.11. The Hall–Kier alpha value is -1.76. The van der Waals surface area contributed by atoms with Crippen molar-refractivity contribution in [1.29, 1.82) is 0 Å². The van der Waals surface area contributed by atoms with Crippen LogP contribution in [0.1, 0.15) is 12.5 Å². The maximum atomic E-state index is 12.5. The molecule has 0 N–H and O–H groups in total. The van der Waals surface area contributed by atoms with Gasteiger partial charge in [-0.25, -0.2) is 9.78 Å². The molecule has 0 spiro atoms. The van der Waals surface area contributed by atoms with Crippen LogP contribution in [-0.2, 0) is 6.42 Å². The van der Waals surface area contributed by atoms with Crippen molar-refractivity contribution in [3.63, 3.8) is 0 Å². The molecule has 0 aliphatic heterocycles. The normalized spacial score (nSPS) is 11.2. The Morgan fingerprint density at radius 1 is 1.12 bits per heavy atom. The van der Waals surface area contributed by atoms with E-state index in [0.717, 1.165) is 32.0 Å². The summed E-state index contributed by atoms with van der Waals surface area (Å²) in [5, 5.41) is 3.47. The van der Waals surface area contributed by atoms with Crippen molar-refractivity contribution in [2.45, 2.75) is 13.3 Å². The zero-order valence-corrected chi connectivity index (χ0v) is 17.7. The molecule has 0 aliphatic rings. The van der Waals surface area contributed by atoms with E-state index in [9.17, 15) is 4.79 Å². The van der Waals surface area contributed by atoms with Gasteiger partial charge in [0.25, 0.3) is 0 Å². The van der Waals surface area contributed by atoms with Gasteiger partial charge in [-0.15, -0.1) is 11.3 Å². The Balaban J connectivity index is 1.79. The molecule has 4 rings (SSSR count). The minimum atomic E-state index is -0.386. The van der Waals surface area contributed by atoms with Crippen molar-refractivity contribution in [2.75, 3.05) is 0 Å². The molecule has 0 unspecified atom stereocenters. The van der Waals surface area contributed by atoms with Gasteiger partial charge in [-0.2, -0.15) is 0 Å². The number of hydrogen-bond acceptors (Lipinski definition) is 4. The number of aryl methyl sites for hydroxylation is 1. The van der Waals surface area contributed by atoms with Crippen molar-refractivity contribution < 1.29 is 4.42 Å². The first-order valence-corrected chi connectivity index (χ1v) is 10.5. The van der Waals surface area contributed by atoms with Gasteiger partial charge >= 0.3 is 5.63 Å². The molecule has 3 nitrogen and oxygen atoms in total. The highest BCUT2D eigenvalue weighted by Crippen LogP contribution is 2.32. The molecule has 4 aromatic rings. The quantitative estimate of drug-likeness (QED) is 0.301. The van der Waals surface area contributed by atoms with E-state index >= 15 is 0 Å². The standard InChI is InChI=1S/C20H13Br2NO2S/c1-2-11-3-5-12(6-4-11)17-10-26-19(23-17)15-8-13-7-14(21)9-16(22)18(13)25-20(15)24/h3-10H,2H2,1H3. The first-order chi connectivity index (χ1) is 12.5. The molecule has 130 valence electrons. The molecule has 0 saturated carbocycles. The summed E-state index contributed by atoms with van der Waals surface area (Å²) >= 11 is 8.34. The molecular formula is C20H13Br2NO2S. The van der Waals surface area contributed by atoms with Gasteiger partial charge in [0.05, 0.1) is 15.7 Å². The lowest BCUT2D eigenvalue weighted by molar-refractivity contribution is 0.561. The highest BCUT2D eigenvalue weighted by Gasteiger charge is 2.14. The SMILES string of the molecule is CCc1ccc(-c2csc(-c3cc4cc(Br)cc(Br)c4oc3=O)n2)cc1. The second-order valence-electron chi connectivity index (χ2n) is 5.84. The lowest BCUT2D eigenvalue weighted by Crippen LogP contribution is -2.02. The Kier molecular flexibility index (Phi) is 4.82. The molecule has 0 fully saturated rings. The second kappa shape index (κ2) is 7.10. The number of nitrogens with zero attached hydrogens (tertiary/aromatic N) is 1. The highest BCUT2D eigenvalue weighted by atomic mass is 79.9. The van der Waals surface area contributed by atoms with Gasteiger partial charge in [0.1, 0.15) is 5.01 Å². The molecule has 2 heterocycles. The van der Waals surface area contributed by atoms with Gasteiger partial charge in [0.15, 0.2) is 5.58 Å². The molecule has 0 amide bonds. The summed E-state index contributed by atoms with van der Waals surface area (Å²) in [4.78, 5) is 17.1. The fourth-order valence-electron chi connectivity index (χ4n) is 2.75. The van der Waals surface area contributed by atoms with Crippen LogP contribution in [0.4, 0.5) is 0 Å². The van der Waals surface area contributed by atoms with Crippen LogP contribution in [0.5, 0.6) is 0 Å². The van der Waals surface area contributed by atoms with Gasteiger partial charge in [0, 0.05) is 20.8 Å². The fourth-order valence-corrected chi connectivity index (χ4v) is 4.92. The molecule has 0 aliphatic carbocycles. The number of thiazole rings is 1. The third kappa shape index (κ3) is 3.29. The monoisotopic (exact) mass is 489 g/mol. The van der Waals surface area contributed by atoms with Crippen LogP contribution in [0.3, 0.4) is 0 Å². The molecule has 6 heteroatoms. The minimum absolute atomic E-state index is 0.386. The van der Waals surface area contributed by atoms with Crippen LogP contribution >= 0.6 is 43.2 Å². The molecule has 0 atom stereocenters. The van der Waals surface area contributed by atoms with Crippen molar-refractivity contribution in [3.8, 4) is 21.8 Å². The number of rotatable bonds is 3. The van der Waals surface area contributed by atoms with E-state index in [4.69, 9.17) is 4.42 Å².